The van der Waals surface area contributed by atoms with Gasteiger partial charge < -0.3 is 9.64 Å². The van der Waals surface area contributed by atoms with Gasteiger partial charge in [-0.1, -0.05) is 23.2 Å². The minimum absolute atomic E-state index is 0.0775. The van der Waals surface area contributed by atoms with Gasteiger partial charge in [-0.2, -0.15) is 18.3 Å². The Morgan fingerprint density at radius 1 is 1.25 bits per heavy atom. The standard InChI is InChI=1S/C21H23Cl2F3N4O2/c1-12-10-28(14-5-6-15(22)16(9-14)32-2)7-8-29(12)17(11-31)30-20(21(24,25)26)18(23)19(27-30)13-3-4-13/h5-6,9,11-13,17H,3-4,7-8,10H2,1-2H3. The predicted octanol–water partition coefficient (Wildman–Crippen LogP) is 5.00. The molecule has 174 valence electrons. The van der Waals surface area contributed by atoms with Crippen molar-refractivity contribution in [2.24, 2.45) is 0 Å². The summed E-state index contributed by atoms with van der Waals surface area (Å²) in [7, 11) is 1.53. The van der Waals surface area contributed by atoms with Gasteiger partial charge >= 0.3 is 6.18 Å². The van der Waals surface area contributed by atoms with Gasteiger partial charge in [0.15, 0.2) is 18.1 Å². The molecule has 11 heteroatoms. The van der Waals surface area contributed by atoms with E-state index < -0.39 is 23.1 Å². The first-order chi connectivity index (χ1) is 15.2. The zero-order chi connectivity index (χ0) is 23.2. The number of anilines is 1. The lowest BCUT2D eigenvalue weighted by molar-refractivity contribution is -0.147. The first kappa shape index (κ1) is 23.2. The topological polar surface area (TPSA) is 50.6 Å². The Labute approximate surface area is 193 Å². The van der Waals surface area contributed by atoms with Crippen LogP contribution in [0.1, 0.15) is 43.2 Å². The fraction of sp³-hybridized carbons (Fsp3) is 0.524. The zero-order valence-electron chi connectivity index (χ0n) is 17.6. The van der Waals surface area contributed by atoms with Crippen LogP contribution in [0.4, 0.5) is 18.9 Å². The summed E-state index contributed by atoms with van der Waals surface area (Å²) >= 11 is 12.2. The average Bonchev–Trinajstić information content (AvgIpc) is 3.52. The third-order valence-corrected chi connectivity index (χ3v) is 6.69. The zero-order valence-corrected chi connectivity index (χ0v) is 19.1. The Morgan fingerprint density at radius 3 is 2.53 bits per heavy atom. The third kappa shape index (κ3) is 4.30. The van der Waals surface area contributed by atoms with Crippen LogP contribution < -0.4 is 9.64 Å². The number of piperazine rings is 1. The molecule has 0 spiro atoms. The van der Waals surface area contributed by atoms with Crippen LogP contribution in [0, 0.1) is 0 Å². The molecule has 2 heterocycles. The maximum Gasteiger partial charge on any atom is 0.434 e. The van der Waals surface area contributed by atoms with Crippen molar-refractivity contribution in [3.63, 3.8) is 0 Å². The lowest BCUT2D eigenvalue weighted by atomic mass is 10.1. The van der Waals surface area contributed by atoms with Crippen LogP contribution in [-0.4, -0.2) is 53.8 Å². The highest BCUT2D eigenvalue weighted by molar-refractivity contribution is 6.32. The normalized spacial score (nSPS) is 21.0. The molecule has 0 bridgehead atoms. The van der Waals surface area contributed by atoms with Crippen molar-refractivity contribution in [1.29, 1.82) is 0 Å². The molecule has 0 amide bonds. The monoisotopic (exact) mass is 490 g/mol. The van der Waals surface area contributed by atoms with E-state index in [-0.39, 0.29) is 17.7 Å². The first-order valence-electron chi connectivity index (χ1n) is 10.3. The summed E-state index contributed by atoms with van der Waals surface area (Å²) in [6.07, 6.45) is -3.91. The molecule has 2 unspecified atom stereocenters. The number of carbonyl (C=O) groups excluding carboxylic acids is 1. The summed E-state index contributed by atoms with van der Waals surface area (Å²) in [6, 6.07) is 5.19. The molecule has 1 aromatic heterocycles. The van der Waals surface area contributed by atoms with Crippen LogP contribution in [-0.2, 0) is 11.0 Å². The first-order valence-corrected chi connectivity index (χ1v) is 11.1. The maximum absolute atomic E-state index is 13.8. The highest BCUT2D eigenvalue weighted by Gasteiger charge is 2.45. The highest BCUT2D eigenvalue weighted by atomic mass is 35.5. The van der Waals surface area contributed by atoms with Crippen LogP contribution in [0.15, 0.2) is 18.2 Å². The number of aromatic nitrogens is 2. The molecular weight excluding hydrogens is 468 g/mol. The van der Waals surface area contributed by atoms with Crippen molar-refractivity contribution in [1.82, 2.24) is 14.7 Å². The van der Waals surface area contributed by atoms with Crippen LogP contribution in [0.2, 0.25) is 10.0 Å². The second kappa shape index (κ2) is 8.76. The van der Waals surface area contributed by atoms with Crippen LogP contribution in [0.3, 0.4) is 0 Å². The van der Waals surface area contributed by atoms with Crippen molar-refractivity contribution in [2.75, 3.05) is 31.6 Å². The number of nitrogens with zero attached hydrogens (tertiary/aromatic N) is 4. The molecule has 6 nitrogen and oxygen atoms in total. The number of methoxy groups -OCH3 is 1. The highest BCUT2D eigenvalue weighted by Crippen LogP contribution is 2.47. The van der Waals surface area contributed by atoms with Crippen molar-refractivity contribution in [3.8, 4) is 5.75 Å². The second-order valence-corrected chi connectivity index (χ2v) is 8.95. The number of hydrogen-bond acceptors (Lipinski definition) is 5. The molecule has 1 saturated carbocycles. The molecule has 32 heavy (non-hydrogen) atoms. The molecule has 0 radical (unpaired) electrons. The van der Waals surface area contributed by atoms with Crippen molar-refractivity contribution >= 4 is 35.2 Å². The quantitative estimate of drug-likeness (QED) is 0.533. The molecule has 2 aromatic rings. The summed E-state index contributed by atoms with van der Waals surface area (Å²) in [5.41, 5.74) is 0.0511. The lowest BCUT2D eigenvalue weighted by Crippen LogP contribution is -2.54. The minimum Gasteiger partial charge on any atom is -0.495 e. The van der Waals surface area contributed by atoms with Gasteiger partial charge in [0, 0.05) is 43.3 Å². The number of aldehydes is 1. The smallest absolute Gasteiger partial charge is 0.434 e. The number of ether oxygens (including phenoxy) is 1. The van der Waals surface area contributed by atoms with E-state index in [9.17, 15) is 18.0 Å². The van der Waals surface area contributed by atoms with Gasteiger partial charge in [-0.15, -0.1) is 0 Å². The Hall–Kier alpha value is -1.97. The van der Waals surface area contributed by atoms with Gasteiger partial charge in [-0.05, 0) is 31.9 Å². The third-order valence-electron chi connectivity index (χ3n) is 6.00. The lowest BCUT2D eigenvalue weighted by Gasteiger charge is -2.43. The molecule has 1 saturated heterocycles. The Kier molecular flexibility index (Phi) is 6.35. The molecule has 2 fully saturated rings. The maximum atomic E-state index is 13.8. The Bertz CT molecular complexity index is 1010. The molecular formula is C21H23Cl2F3N4O2. The van der Waals surface area contributed by atoms with E-state index >= 15 is 0 Å². The SMILES string of the molecule is COc1cc(N2CCN(C(C=O)n3nc(C4CC4)c(Cl)c3C(F)(F)F)C(C)C2)ccc1Cl. The molecule has 4 rings (SSSR count). The van der Waals surface area contributed by atoms with Gasteiger partial charge in [0.05, 0.1) is 22.8 Å². The van der Waals surface area contributed by atoms with E-state index in [4.69, 9.17) is 27.9 Å². The van der Waals surface area contributed by atoms with E-state index in [2.05, 4.69) is 10.00 Å². The fourth-order valence-electron chi connectivity index (χ4n) is 4.22. The summed E-state index contributed by atoms with van der Waals surface area (Å²) < 4.78 is 47.6. The second-order valence-electron chi connectivity index (χ2n) is 8.17. The average molecular weight is 491 g/mol. The van der Waals surface area contributed by atoms with Gasteiger partial charge in [0.2, 0.25) is 0 Å². The molecule has 2 aliphatic rings. The summed E-state index contributed by atoms with van der Waals surface area (Å²) in [6.45, 7) is 3.24. The van der Waals surface area contributed by atoms with E-state index in [1.54, 1.807) is 11.0 Å². The Balaban J connectivity index is 1.60. The van der Waals surface area contributed by atoms with Gasteiger partial charge in [0.1, 0.15) is 5.75 Å². The van der Waals surface area contributed by atoms with Gasteiger partial charge in [-0.25, -0.2) is 4.68 Å². The van der Waals surface area contributed by atoms with Crippen LogP contribution in [0.5, 0.6) is 5.75 Å². The summed E-state index contributed by atoms with van der Waals surface area (Å²) in [5.74, 6) is 0.463. The van der Waals surface area contributed by atoms with E-state index in [0.717, 1.165) is 23.2 Å². The van der Waals surface area contributed by atoms with E-state index in [1.165, 1.54) is 7.11 Å². The number of benzene rings is 1. The minimum atomic E-state index is -4.72. The van der Waals surface area contributed by atoms with Crippen molar-refractivity contribution in [3.05, 3.63) is 39.6 Å². The van der Waals surface area contributed by atoms with E-state index in [1.807, 2.05) is 19.1 Å². The van der Waals surface area contributed by atoms with Crippen molar-refractivity contribution < 1.29 is 22.7 Å². The molecule has 1 aliphatic heterocycles. The number of alkyl halides is 3. The van der Waals surface area contributed by atoms with Gasteiger partial charge in [0.25, 0.3) is 0 Å². The number of halogens is 5. The molecule has 1 aromatic carbocycles. The molecule has 1 aliphatic carbocycles. The number of rotatable bonds is 6. The number of hydrogen-bond donors (Lipinski definition) is 0. The van der Waals surface area contributed by atoms with Crippen LogP contribution >= 0.6 is 23.2 Å². The van der Waals surface area contributed by atoms with E-state index in [0.29, 0.717) is 36.7 Å². The molecule has 2 atom stereocenters. The largest absolute Gasteiger partial charge is 0.495 e. The van der Waals surface area contributed by atoms with Gasteiger partial charge in [-0.3, -0.25) is 9.69 Å². The summed E-state index contributed by atoms with van der Waals surface area (Å²) in [5, 5.41) is 4.27. The number of carbonyl (C=O) groups is 1. The fourth-order valence-corrected chi connectivity index (χ4v) is 4.80. The Morgan fingerprint density at radius 2 is 1.97 bits per heavy atom. The molecule has 0 N–H and O–H groups in total. The predicted molar refractivity (Wildman–Crippen MR) is 116 cm³/mol. The van der Waals surface area contributed by atoms with Crippen molar-refractivity contribution in [2.45, 2.75) is 44.1 Å². The summed E-state index contributed by atoms with van der Waals surface area (Å²) in [4.78, 5) is 15.9. The van der Waals surface area contributed by atoms with Crippen LogP contribution in [0.25, 0.3) is 0 Å².